The van der Waals surface area contributed by atoms with Gasteiger partial charge in [-0.05, 0) is 6.42 Å². The number of hydrogen-bond donors (Lipinski definition) is 1. The zero-order valence-corrected chi connectivity index (χ0v) is 5.65. The topological polar surface area (TPSA) is 49.8 Å². The summed E-state index contributed by atoms with van der Waals surface area (Å²) in [6.45, 7) is 1.97. The molecular weight excluding hydrogens is 124 g/mol. The molecule has 3 heteroatoms. The summed E-state index contributed by atoms with van der Waals surface area (Å²) in [5.74, 6) is 0. The number of nitrogens with two attached hydrogens (primary N) is 1. The van der Waals surface area contributed by atoms with E-state index in [1.54, 1.807) is 0 Å². The lowest BCUT2D eigenvalue weighted by Crippen LogP contribution is -3.00. The normalized spacial score (nSPS) is 11.1. The zero-order valence-electron chi connectivity index (χ0n) is 4.89. The third-order valence-corrected chi connectivity index (χ3v) is 0.878. The third-order valence-electron chi connectivity index (χ3n) is 0.878. The van der Waals surface area contributed by atoms with E-state index in [0.717, 1.165) is 6.42 Å². The highest BCUT2D eigenvalue weighted by Gasteiger charge is 1.93. The van der Waals surface area contributed by atoms with E-state index in [0.29, 0.717) is 6.42 Å². The highest BCUT2D eigenvalue weighted by Crippen LogP contribution is 1.88. The first-order valence-corrected chi connectivity index (χ1v) is 2.43. The Balaban J connectivity index is 0. The smallest absolute Gasteiger partial charge is 0.0638 e. The van der Waals surface area contributed by atoms with Crippen LogP contribution in [0, 0.1) is 11.3 Å². The summed E-state index contributed by atoms with van der Waals surface area (Å²) in [5.41, 5.74) is 5.36. The summed E-state index contributed by atoms with van der Waals surface area (Å²) < 4.78 is 0. The van der Waals surface area contributed by atoms with Crippen LogP contribution in [0.25, 0.3) is 0 Å². The number of rotatable bonds is 2. The Kier molecular flexibility index (Phi) is 8.99. The minimum Gasteiger partial charge on any atom is -1.00 e. The van der Waals surface area contributed by atoms with E-state index in [9.17, 15) is 0 Å². The molecule has 0 saturated carbocycles. The second-order valence-electron chi connectivity index (χ2n) is 1.53. The van der Waals surface area contributed by atoms with Crippen LogP contribution in [-0.2, 0) is 0 Å². The standard InChI is InChI=1S/C5H10N2.ClH/c1-2-5(7)3-4-6;/h5H,2-3,7H2,1H3;1H/p-1. The van der Waals surface area contributed by atoms with E-state index in [1.807, 2.05) is 13.0 Å². The predicted octanol–water partition coefficient (Wildman–Crippen LogP) is -2.36. The van der Waals surface area contributed by atoms with Crippen molar-refractivity contribution in [3.8, 4) is 6.07 Å². The monoisotopic (exact) mass is 133 g/mol. The fraction of sp³-hybridized carbons (Fsp3) is 0.800. The molecule has 0 radical (unpaired) electrons. The first-order chi connectivity index (χ1) is 3.31. The lowest BCUT2D eigenvalue weighted by atomic mass is 10.2. The van der Waals surface area contributed by atoms with Gasteiger partial charge in [-0.3, -0.25) is 0 Å². The quantitative estimate of drug-likeness (QED) is 0.458. The number of nitrogens with zero attached hydrogens (tertiary/aromatic N) is 1. The van der Waals surface area contributed by atoms with Gasteiger partial charge in [0.05, 0.1) is 12.5 Å². The van der Waals surface area contributed by atoms with Crippen LogP contribution in [0.5, 0.6) is 0 Å². The molecule has 0 amide bonds. The van der Waals surface area contributed by atoms with Gasteiger partial charge in [-0.1, -0.05) is 6.92 Å². The second kappa shape index (κ2) is 6.74. The van der Waals surface area contributed by atoms with Crippen molar-refractivity contribution in [3.63, 3.8) is 0 Å². The minimum absolute atomic E-state index is 0. The molecule has 0 fully saturated rings. The van der Waals surface area contributed by atoms with Crippen molar-refractivity contribution < 1.29 is 12.4 Å². The van der Waals surface area contributed by atoms with E-state index < -0.39 is 0 Å². The molecule has 0 aliphatic carbocycles. The van der Waals surface area contributed by atoms with Gasteiger partial charge in [-0.2, -0.15) is 5.26 Å². The Labute approximate surface area is 56.1 Å². The van der Waals surface area contributed by atoms with Crippen LogP contribution in [0.2, 0.25) is 0 Å². The molecule has 48 valence electrons. The van der Waals surface area contributed by atoms with Crippen LogP contribution in [0.15, 0.2) is 0 Å². The van der Waals surface area contributed by atoms with E-state index in [-0.39, 0.29) is 18.4 Å². The summed E-state index contributed by atoms with van der Waals surface area (Å²) in [7, 11) is 0. The van der Waals surface area contributed by atoms with Gasteiger partial charge in [0.15, 0.2) is 0 Å². The van der Waals surface area contributed by atoms with Crippen molar-refractivity contribution in [2.75, 3.05) is 0 Å². The van der Waals surface area contributed by atoms with E-state index in [4.69, 9.17) is 11.0 Å². The molecule has 1 unspecified atom stereocenters. The summed E-state index contributed by atoms with van der Waals surface area (Å²) in [4.78, 5) is 0. The minimum atomic E-state index is 0. The molecule has 0 saturated heterocycles. The summed E-state index contributed by atoms with van der Waals surface area (Å²) in [5, 5.41) is 8.04. The molecule has 0 aromatic rings. The molecular formula is C5H10ClN2-. The van der Waals surface area contributed by atoms with Crippen molar-refractivity contribution in [2.45, 2.75) is 25.8 Å². The van der Waals surface area contributed by atoms with Crippen LogP contribution in [0.3, 0.4) is 0 Å². The first kappa shape index (κ1) is 10.7. The van der Waals surface area contributed by atoms with Crippen molar-refractivity contribution in [1.29, 1.82) is 5.26 Å². The van der Waals surface area contributed by atoms with E-state index >= 15 is 0 Å². The Morgan fingerprint density at radius 3 is 2.38 bits per heavy atom. The van der Waals surface area contributed by atoms with Crippen molar-refractivity contribution in [1.82, 2.24) is 0 Å². The van der Waals surface area contributed by atoms with Gasteiger partial charge in [-0.15, -0.1) is 0 Å². The predicted molar refractivity (Wildman–Crippen MR) is 28.5 cm³/mol. The number of nitriles is 1. The maximum absolute atomic E-state index is 8.04. The summed E-state index contributed by atoms with van der Waals surface area (Å²) in [6, 6.07) is 2.08. The van der Waals surface area contributed by atoms with E-state index in [2.05, 4.69) is 0 Å². The van der Waals surface area contributed by atoms with Gasteiger partial charge in [0.25, 0.3) is 0 Å². The molecule has 0 heterocycles. The molecule has 0 spiro atoms. The van der Waals surface area contributed by atoms with Crippen molar-refractivity contribution in [2.24, 2.45) is 5.73 Å². The van der Waals surface area contributed by atoms with Crippen molar-refractivity contribution >= 4 is 0 Å². The molecule has 0 aliphatic heterocycles. The average molecular weight is 134 g/mol. The van der Waals surface area contributed by atoms with Crippen molar-refractivity contribution in [3.05, 3.63) is 0 Å². The van der Waals surface area contributed by atoms with Gasteiger partial charge >= 0.3 is 0 Å². The molecule has 0 rings (SSSR count). The Hall–Kier alpha value is -0.260. The largest absolute Gasteiger partial charge is 1.00 e. The van der Waals surface area contributed by atoms with E-state index in [1.165, 1.54) is 0 Å². The van der Waals surface area contributed by atoms with Crippen LogP contribution < -0.4 is 18.1 Å². The maximum Gasteiger partial charge on any atom is 0.0638 e. The molecule has 0 aromatic carbocycles. The molecule has 8 heavy (non-hydrogen) atoms. The molecule has 0 aromatic heterocycles. The molecule has 1 atom stereocenters. The van der Waals surface area contributed by atoms with Crippen LogP contribution in [0.4, 0.5) is 0 Å². The van der Waals surface area contributed by atoms with Gasteiger partial charge in [0, 0.05) is 6.04 Å². The Bertz CT molecular complexity index is 77.0. The highest BCUT2D eigenvalue weighted by atomic mass is 35.5. The summed E-state index contributed by atoms with van der Waals surface area (Å²) >= 11 is 0. The average Bonchev–Trinajstić information content (AvgIpc) is 1.68. The third kappa shape index (κ3) is 5.74. The van der Waals surface area contributed by atoms with Crippen LogP contribution in [-0.4, -0.2) is 6.04 Å². The Morgan fingerprint density at radius 2 is 2.25 bits per heavy atom. The lowest BCUT2D eigenvalue weighted by molar-refractivity contribution is -0.00000202. The zero-order chi connectivity index (χ0) is 5.70. The molecule has 0 aliphatic rings. The molecule has 2 N–H and O–H groups in total. The Morgan fingerprint density at radius 1 is 1.75 bits per heavy atom. The first-order valence-electron chi connectivity index (χ1n) is 2.43. The summed E-state index contributed by atoms with van der Waals surface area (Å²) in [6.07, 6.45) is 1.38. The lowest BCUT2D eigenvalue weighted by Gasteiger charge is -1.97. The molecule has 2 nitrogen and oxygen atoms in total. The fourth-order valence-electron chi connectivity index (χ4n) is 0.262. The number of halogens is 1. The highest BCUT2D eigenvalue weighted by molar-refractivity contribution is 4.76. The van der Waals surface area contributed by atoms with Gasteiger partial charge in [0.1, 0.15) is 0 Å². The number of hydrogen-bond acceptors (Lipinski definition) is 2. The van der Waals surface area contributed by atoms with Crippen LogP contribution >= 0.6 is 0 Å². The van der Waals surface area contributed by atoms with Crippen LogP contribution in [0.1, 0.15) is 19.8 Å². The molecule has 0 bridgehead atoms. The SMILES string of the molecule is CCC(N)CC#N.[Cl-]. The van der Waals surface area contributed by atoms with Gasteiger partial charge in [-0.25, -0.2) is 0 Å². The van der Waals surface area contributed by atoms with Gasteiger partial charge in [0.2, 0.25) is 0 Å². The van der Waals surface area contributed by atoms with Gasteiger partial charge < -0.3 is 18.1 Å². The fourth-order valence-corrected chi connectivity index (χ4v) is 0.262. The maximum atomic E-state index is 8.04. The second-order valence-corrected chi connectivity index (χ2v) is 1.53.